The second-order valence-electron chi connectivity index (χ2n) is 9.91. The Hall–Kier alpha value is -2.91. The minimum Gasteiger partial charge on any atom is -0.481 e. The number of aryl methyl sites for hydroxylation is 1. The molecule has 10 heteroatoms. The second-order valence-corrected chi connectivity index (χ2v) is 10.3. The van der Waals surface area contributed by atoms with Crippen LogP contribution in [0.15, 0.2) is 24.3 Å². The molecule has 1 aromatic heterocycles. The van der Waals surface area contributed by atoms with Crippen LogP contribution in [0.1, 0.15) is 86.7 Å². The molecule has 2 aromatic rings. The van der Waals surface area contributed by atoms with Gasteiger partial charge in [0, 0.05) is 55.2 Å². The van der Waals surface area contributed by atoms with Crippen LogP contribution in [-0.4, -0.2) is 57.3 Å². The number of piperidine rings is 1. The van der Waals surface area contributed by atoms with Crippen molar-refractivity contribution in [1.82, 2.24) is 25.5 Å². The first-order valence-electron chi connectivity index (χ1n) is 13.7. The number of aliphatic carboxylic acids is 1. The number of nitrogens with one attached hydrogen (secondary N) is 2. The highest BCUT2D eigenvalue weighted by molar-refractivity contribution is 6.30. The van der Waals surface area contributed by atoms with Crippen LogP contribution >= 0.6 is 11.6 Å². The highest BCUT2D eigenvalue weighted by atomic mass is 35.5. The van der Waals surface area contributed by atoms with E-state index >= 15 is 0 Å². The molecule has 0 spiro atoms. The van der Waals surface area contributed by atoms with E-state index in [0.29, 0.717) is 36.6 Å². The van der Waals surface area contributed by atoms with E-state index in [1.807, 2.05) is 40.9 Å². The van der Waals surface area contributed by atoms with Gasteiger partial charge in [-0.1, -0.05) is 43.0 Å². The first kappa shape index (κ1) is 29.6. The zero-order chi connectivity index (χ0) is 27.3. The number of amides is 2. The molecule has 2 heterocycles. The fraction of sp³-hybridized carbons (Fsp3) is 0.571. The van der Waals surface area contributed by atoms with Crippen LogP contribution in [-0.2, 0) is 16.1 Å². The van der Waals surface area contributed by atoms with Crippen LogP contribution in [0.2, 0.25) is 5.02 Å². The van der Waals surface area contributed by atoms with Gasteiger partial charge in [-0.05, 0) is 57.6 Å². The van der Waals surface area contributed by atoms with E-state index in [9.17, 15) is 14.4 Å². The quantitative estimate of drug-likeness (QED) is 0.272. The number of carboxylic acids is 1. The number of benzene rings is 1. The molecule has 0 aliphatic carbocycles. The number of hydrogen-bond donors (Lipinski definition) is 3. The Morgan fingerprint density at radius 3 is 2.34 bits per heavy atom. The van der Waals surface area contributed by atoms with Crippen LogP contribution in [0.25, 0.3) is 11.3 Å². The summed E-state index contributed by atoms with van der Waals surface area (Å²) in [4.78, 5) is 35.7. The first-order valence-corrected chi connectivity index (χ1v) is 14.1. The molecule has 0 atom stereocenters. The van der Waals surface area contributed by atoms with Crippen LogP contribution in [0, 0.1) is 6.92 Å². The normalized spacial score (nSPS) is 13.8. The molecule has 3 rings (SSSR count). The third kappa shape index (κ3) is 9.44. The lowest BCUT2D eigenvalue weighted by Gasteiger charge is -2.26. The molecule has 3 N–H and O–H groups in total. The van der Waals surface area contributed by atoms with Crippen LogP contribution < -0.4 is 10.7 Å². The number of carbonyl (C=O) groups excluding carboxylic acids is 2. The third-order valence-electron chi connectivity index (χ3n) is 6.80. The zero-order valence-electron chi connectivity index (χ0n) is 22.3. The van der Waals surface area contributed by atoms with Crippen molar-refractivity contribution in [2.75, 3.05) is 19.6 Å². The standard InChI is InChI=1S/C28H40ClN5O4/c1-21-26(28(38)32-33-18-8-4-9-19-33)31-34(27(21)22-13-15-23(29)16-14-22)20-10-3-5-11-24(35)30-17-7-2-6-12-25(36)37/h13-16H,2-12,17-20H2,1H3,(H,30,35)(H,32,38)(H,36,37). The van der Waals surface area contributed by atoms with Gasteiger partial charge in [0.25, 0.3) is 5.91 Å². The van der Waals surface area contributed by atoms with E-state index < -0.39 is 5.97 Å². The number of carbonyl (C=O) groups is 3. The van der Waals surface area contributed by atoms with Crippen molar-refractivity contribution >= 4 is 29.4 Å². The van der Waals surface area contributed by atoms with Crippen LogP contribution in [0.5, 0.6) is 0 Å². The molecule has 2 amide bonds. The van der Waals surface area contributed by atoms with Gasteiger partial charge in [0.05, 0.1) is 5.69 Å². The molecule has 0 radical (unpaired) electrons. The third-order valence-corrected chi connectivity index (χ3v) is 7.05. The molecule has 208 valence electrons. The Morgan fingerprint density at radius 1 is 0.947 bits per heavy atom. The lowest BCUT2D eigenvalue weighted by Crippen LogP contribution is -2.45. The number of nitrogens with zero attached hydrogens (tertiary/aromatic N) is 3. The van der Waals surface area contributed by atoms with Crippen LogP contribution in [0.3, 0.4) is 0 Å². The number of hydrazine groups is 1. The number of aromatic nitrogens is 2. The fourth-order valence-electron chi connectivity index (χ4n) is 4.72. The number of unbranched alkanes of at least 4 members (excludes halogenated alkanes) is 4. The van der Waals surface area contributed by atoms with Gasteiger partial charge >= 0.3 is 5.97 Å². The predicted molar refractivity (Wildman–Crippen MR) is 148 cm³/mol. The summed E-state index contributed by atoms with van der Waals surface area (Å²) in [6, 6.07) is 7.57. The Bertz CT molecular complexity index is 1060. The Labute approximate surface area is 229 Å². The van der Waals surface area contributed by atoms with Gasteiger partial charge in [0.1, 0.15) is 0 Å². The van der Waals surface area contributed by atoms with E-state index in [1.54, 1.807) is 0 Å². The Balaban J connectivity index is 1.52. The summed E-state index contributed by atoms with van der Waals surface area (Å²) in [6.45, 7) is 4.87. The minimum atomic E-state index is -0.781. The summed E-state index contributed by atoms with van der Waals surface area (Å²) >= 11 is 6.11. The summed E-state index contributed by atoms with van der Waals surface area (Å²) in [7, 11) is 0. The fourth-order valence-corrected chi connectivity index (χ4v) is 4.85. The predicted octanol–water partition coefficient (Wildman–Crippen LogP) is 4.96. The Morgan fingerprint density at radius 2 is 1.63 bits per heavy atom. The van der Waals surface area contributed by atoms with Gasteiger partial charge in [-0.25, -0.2) is 5.01 Å². The molecular formula is C28H40ClN5O4. The monoisotopic (exact) mass is 545 g/mol. The minimum absolute atomic E-state index is 0.0247. The summed E-state index contributed by atoms with van der Waals surface area (Å²) in [5.74, 6) is -0.939. The number of rotatable bonds is 15. The zero-order valence-corrected chi connectivity index (χ0v) is 23.1. The highest BCUT2D eigenvalue weighted by Crippen LogP contribution is 2.28. The largest absolute Gasteiger partial charge is 0.481 e. The molecule has 1 aliphatic rings. The molecule has 1 aromatic carbocycles. The maximum absolute atomic E-state index is 13.1. The van der Waals surface area contributed by atoms with Gasteiger partial charge in [-0.3, -0.25) is 24.5 Å². The van der Waals surface area contributed by atoms with Gasteiger partial charge in [-0.2, -0.15) is 5.10 Å². The van der Waals surface area contributed by atoms with Gasteiger partial charge in [0.2, 0.25) is 5.91 Å². The molecule has 0 saturated carbocycles. The Kier molecular flexibility index (Phi) is 12.1. The van der Waals surface area contributed by atoms with Crippen molar-refractivity contribution in [2.24, 2.45) is 0 Å². The number of hydrogen-bond acceptors (Lipinski definition) is 5. The van der Waals surface area contributed by atoms with E-state index in [4.69, 9.17) is 21.8 Å². The van der Waals surface area contributed by atoms with Crippen molar-refractivity contribution in [3.8, 4) is 11.3 Å². The van der Waals surface area contributed by atoms with Gasteiger partial charge in [-0.15, -0.1) is 0 Å². The summed E-state index contributed by atoms with van der Waals surface area (Å²) < 4.78 is 1.90. The SMILES string of the molecule is Cc1c(C(=O)NN2CCCCC2)nn(CCCCCC(=O)NCCCCCC(=O)O)c1-c1ccc(Cl)cc1. The number of halogens is 1. The highest BCUT2D eigenvalue weighted by Gasteiger charge is 2.23. The lowest BCUT2D eigenvalue weighted by molar-refractivity contribution is -0.137. The maximum Gasteiger partial charge on any atom is 0.303 e. The van der Waals surface area contributed by atoms with Crippen LogP contribution in [0.4, 0.5) is 0 Å². The van der Waals surface area contributed by atoms with E-state index in [1.165, 1.54) is 6.42 Å². The lowest BCUT2D eigenvalue weighted by atomic mass is 10.1. The number of carboxylic acid groups (broad SMARTS) is 1. The summed E-state index contributed by atoms with van der Waals surface area (Å²) in [5.41, 5.74) is 6.16. The average molecular weight is 546 g/mol. The molecule has 0 bridgehead atoms. The molecule has 38 heavy (non-hydrogen) atoms. The average Bonchev–Trinajstić information content (AvgIpc) is 3.22. The van der Waals surface area contributed by atoms with E-state index in [-0.39, 0.29) is 18.2 Å². The van der Waals surface area contributed by atoms with Gasteiger partial charge in [0.15, 0.2) is 5.69 Å². The summed E-state index contributed by atoms with van der Waals surface area (Å²) in [5, 5.41) is 18.9. The van der Waals surface area contributed by atoms with Crippen molar-refractivity contribution < 1.29 is 19.5 Å². The molecule has 0 unspecified atom stereocenters. The molecule has 1 saturated heterocycles. The smallest absolute Gasteiger partial charge is 0.303 e. The topological polar surface area (TPSA) is 117 Å². The molecule has 1 aliphatic heterocycles. The van der Waals surface area contributed by atoms with Crippen molar-refractivity contribution in [2.45, 2.75) is 84.1 Å². The van der Waals surface area contributed by atoms with Crippen molar-refractivity contribution in [3.63, 3.8) is 0 Å². The van der Waals surface area contributed by atoms with E-state index in [0.717, 1.165) is 74.9 Å². The molecule has 9 nitrogen and oxygen atoms in total. The first-order chi connectivity index (χ1) is 18.3. The second kappa shape index (κ2) is 15.5. The maximum atomic E-state index is 13.1. The molecular weight excluding hydrogens is 506 g/mol. The van der Waals surface area contributed by atoms with Crippen molar-refractivity contribution in [3.05, 3.63) is 40.5 Å². The molecule has 1 fully saturated rings. The van der Waals surface area contributed by atoms with Crippen molar-refractivity contribution in [1.29, 1.82) is 0 Å². The van der Waals surface area contributed by atoms with E-state index in [2.05, 4.69) is 10.7 Å². The summed E-state index contributed by atoms with van der Waals surface area (Å²) in [6.07, 6.45) is 8.66. The van der Waals surface area contributed by atoms with Gasteiger partial charge < -0.3 is 10.4 Å².